The van der Waals surface area contributed by atoms with Crippen LogP contribution in [0.4, 0.5) is 0 Å². The molecule has 1 aliphatic rings. The van der Waals surface area contributed by atoms with Crippen LogP contribution in [0, 0.1) is 0 Å². The Labute approximate surface area is 127 Å². The molecule has 110 valence electrons. The largest absolute Gasteiger partial charge is 0.493 e. The molecule has 1 amide bonds. The molecule has 21 heavy (non-hydrogen) atoms. The molecule has 2 aromatic rings. The van der Waals surface area contributed by atoms with E-state index in [2.05, 4.69) is 4.98 Å². The minimum atomic E-state index is -0.00886. The first-order valence-corrected chi connectivity index (χ1v) is 7.53. The molecule has 0 aliphatic carbocycles. The third-order valence-corrected chi connectivity index (χ3v) is 4.38. The Morgan fingerprint density at radius 1 is 1.24 bits per heavy atom. The molecule has 0 spiro atoms. The van der Waals surface area contributed by atoms with Gasteiger partial charge in [-0.05, 0) is 29.7 Å². The summed E-state index contributed by atoms with van der Waals surface area (Å²) in [6.45, 7) is 1.27. The van der Waals surface area contributed by atoms with E-state index in [0.29, 0.717) is 23.8 Å². The molecule has 0 unspecified atom stereocenters. The highest BCUT2D eigenvalue weighted by molar-refractivity contribution is 7.11. The number of rotatable bonds is 3. The Morgan fingerprint density at radius 3 is 2.57 bits per heavy atom. The zero-order chi connectivity index (χ0) is 14.8. The molecule has 0 fully saturated rings. The highest BCUT2D eigenvalue weighted by Gasteiger charge is 2.24. The minimum Gasteiger partial charge on any atom is -0.493 e. The van der Waals surface area contributed by atoms with E-state index in [4.69, 9.17) is 9.47 Å². The molecule has 0 radical (unpaired) electrons. The lowest BCUT2D eigenvalue weighted by Crippen LogP contribution is -2.35. The van der Waals surface area contributed by atoms with Crippen molar-refractivity contribution in [1.82, 2.24) is 9.88 Å². The molecule has 6 heteroatoms. The number of hydrogen-bond acceptors (Lipinski definition) is 5. The minimum absolute atomic E-state index is 0.00886. The van der Waals surface area contributed by atoms with Gasteiger partial charge in [-0.3, -0.25) is 4.79 Å². The van der Waals surface area contributed by atoms with Gasteiger partial charge in [0.1, 0.15) is 0 Å². The number of ether oxygens (including phenoxy) is 2. The molecule has 0 saturated carbocycles. The summed E-state index contributed by atoms with van der Waals surface area (Å²) in [4.78, 5) is 18.3. The second-order valence-electron chi connectivity index (χ2n) is 4.79. The summed E-state index contributed by atoms with van der Waals surface area (Å²) >= 11 is 1.37. The lowest BCUT2D eigenvalue weighted by Gasteiger charge is -2.29. The number of hydrogen-bond donors (Lipinski definition) is 0. The fourth-order valence-corrected chi connectivity index (χ4v) is 3.12. The van der Waals surface area contributed by atoms with Gasteiger partial charge in [-0.1, -0.05) is 0 Å². The van der Waals surface area contributed by atoms with Crippen molar-refractivity contribution in [2.24, 2.45) is 0 Å². The lowest BCUT2D eigenvalue weighted by atomic mass is 9.99. The Kier molecular flexibility index (Phi) is 3.79. The van der Waals surface area contributed by atoms with Crippen LogP contribution in [-0.2, 0) is 13.0 Å². The second-order valence-corrected chi connectivity index (χ2v) is 5.68. The first-order valence-electron chi connectivity index (χ1n) is 6.65. The maximum absolute atomic E-state index is 12.4. The van der Waals surface area contributed by atoms with Crippen LogP contribution in [0.3, 0.4) is 0 Å². The van der Waals surface area contributed by atoms with Gasteiger partial charge in [-0.15, -0.1) is 11.3 Å². The molecule has 1 aromatic carbocycles. The highest BCUT2D eigenvalue weighted by atomic mass is 32.1. The SMILES string of the molecule is COc1cc2c(cc1OC)CN(C(=O)c1nccs1)CC2. The van der Waals surface area contributed by atoms with Gasteiger partial charge in [-0.25, -0.2) is 4.98 Å². The van der Waals surface area contributed by atoms with E-state index in [1.165, 1.54) is 16.9 Å². The average Bonchev–Trinajstić information content (AvgIpc) is 3.06. The first kappa shape index (κ1) is 13.9. The standard InChI is InChI=1S/C15H16N2O3S/c1-19-12-7-10-3-5-17(9-11(10)8-13(12)20-2)15(18)14-16-4-6-21-14/h4,6-8H,3,5,9H2,1-2H3. The summed E-state index contributed by atoms with van der Waals surface area (Å²) in [7, 11) is 3.25. The van der Waals surface area contributed by atoms with Gasteiger partial charge in [0.05, 0.1) is 14.2 Å². The Bertz CT molecular complexity index is 655. The molecule has 1 aromatic heterocycles. The first-order chi connectivity index (χ1) is 10.2. The van der Waals surface area contributed by atoms with E-state index < -0.39 is 0 Å². The number of nitrogens with zero attached hydrogens (tertiary/aromatic N) is 2. The van der Waals surface area contributed by atoms with E-state index in [1.54, 1.807) is 20.4 Å². The van der Waals surface area contributed by atoms with E-state index in [1.807, 2.05) is 22.4 Å². The van der Waals surface area contributed by atoms with Gasteiger partial charge in [0.25, 0.3) is 5.91 Å². The van der Waals surface area contributed by atoms with Crippen molar-refractivity contribution >= 4 is 17.2 Å². The highest BCUT2D eigenvalue weighted by Crippen LogP contribution is 2.33. The van der Waals surface area contributed by atoms with E-state index in [-0.39, 0.29) is 5.91 Å². The number of amides is 1. The van der Waals surface area contributed by atoms with Gasteiger partial charge in [0.15, 0.2) is 16.5 Å². The molecule has 0 N–H and O–H groups in total. The summed E-state index contributed by atoms with van der Waals surface area (Å²) in [5, 5.41) is 2.36. The van der Waals surface area contributed by atoms with Gasteiger partial charge >= 0.3 is 0 Å². The Hall–Kier alpha value is -2.08. The van der Waals surface area contributed by atoms with Gasteiger partial charge in [0.2, 0.25) is 0 Å². The summed E-state index contributed by atoms with van der Waals surface area (Å²) in [5.74, 6) is 1.42. The van der Waals surface area contributed by atoms with Crippen LogP contribution in [0.25, 0.3) is 0 Å². The zero-order valence-electron chi connectivity index (χ0n) is 12.0. The van der Waals surface area contributed by atoms with E-state index in [0.717, 1.165) is 17.7 Å². The van der Waals surface area contributed by atoms with Crippen LogP contribution in [0.1, 0.15) is 20.9 Å². The summed E-state index contributed by atoms with van der Waals surface area (Å²) < 4.78 is 10.7. The maximum atomic E-state index is 12.4. The third kappa shape index (κ3) is 2.58. The molecule has 1 aliphatic heterocycles. The molecular weight excluding hydrogens is 288 g/mol. The summed E-state index contributed by atoms with van der Waals surface area (Å²) in [5.41, 5.74) is 2.31. The lowest BCUT2D eigenvalue weighted by molar-refractivity contribution is 0.0734. The summed E-state index contributed by atoms with van der Waals surface area (Å²) in [6.07, 6.45) is 2.47. The van der Waals surface area contributed by atoms with Gasteiger partial charge in [-0.2, -0.15) is 0 Å². The molecular formula is C15H16N2O3S. The number of thiazole rings is 1. The normalized spacial score (nSPS) is 13.7. The molecule has 0 saturated heterocycles. The van der Waals surface area contributed by atoms with Crippen molar-refractivity contribution in [3.05, 3.63) is 39.8 Å². The quantitative estimate of drug-likeness (QED) is 0.873. The molecule has 2 heterocycles. The zero-order valence-corrected chi connectivity index (χ0v) is 12.8. The van der Waals surface area contributed by atoms with Crippen molar-refractivity contribution in [2.75, 3.05) is 20.8 Å². The van der Waals surface area contributed by atoms with Crippen LogP contribution in [0.15, 0.2) is 23.7 Å². The number of methoxy groups -OCH3 is 2. The van der Waals surface area contributed by atoms with Crippen LogP contribution in [-0.4, -0.2) is 36.6 Å². The van der Waals surface area contributed by atoms with Crippen LogP contribution in [0.5, 0.6) is 11.5 Å². The predicted octanol–water partition coefficient (Wildman–Crippen LogP) is 2.36. The maximum Gasteiger partial charge on any atom is 0.283 e. The van der Waals surface area contributed by atoms with Gasteiger partial charge < -0.3 is 14.4 Å². The molecule has 3 rings (SSSR count). The van der Waals surface area contributed by atoms with E-state index >= 15 is 0 Å². The smallest absolute Gasteiger partial charge is 0.283 e. The van der Waals surface area contributed by atoms with Crippen molar-refractivity contribution in [3.63, 3.8) is 0 Å². The molecule has 5 nitrogen and oxygen atoms in total. The monoisotopic (exact) mass is 304 g/mol. The number of aromatic nitrogens is 1. The average molecular weight is 304 g/mol. The van der Waals surface area contributed by atoms with Crippen LogP contribution < -0.4 is 9.47 Å². The summed E-state index contributed by atoms with van der Waals surface area (Å²) in [6, 6.07) is 3.95. The Balaban J connectivity index is 1.86. The number of fused-ring (bicyclic) bond motifs is 1. The fourth-order valence-electron chi connectivity index (χ4n) is 2.52. The van der Waals surface area contributed by atoms with Crippen molar-refractivity contribution in [1.29, 1.82) is 0 Å². The number of carbonyl (C=O) groups excluding carboxylic acids is 1. The topological polar surface area (TPSA) is 51.7 Å². The number of benzene rings is 1. The Morgan fingerprint density at radius 2 is 1.95 bits per heavy atom. The third-order valence-electron chi connectivity index (χ3n) is 3.62. The van der Waals surface area contributed by atoms with E-state index in [9.17, 15) is 4.79 Å². The second kappa shape index (κ2) is 5.73. The van der Waals surface area contributed by atoms with Crippen LogP contribution in [0.2, 0.25) is 0 Å². The number of carbonyl (C=O) groups is 1. The van der Waals surface area contributed by atoms with Crippen molar-refractivity contribution < 1.29 is 14.3 Å². The molecule has 0 bridgehead atoms. The molecule has 0 atom stereocenters. The fraction of sp³-hybridized carbons (Fsp3) is 0.333. The van der Waals surface area contributed by atoms with Crippen LogP contribution >= 0.6 is 11.3 Å². The predicted molar refractivity (Wildman–Crippen MR) is 80.1 cm³/mol. The van der Waals surface area contributed by atoms with Crippen molar-refractivity contribution in [2.45, 2.75) is 13.0 Å². The van der Waals surface area contributed by atoms with Crippen molar-refractivity contribution in [3.8, 4) is 11.5 Å². The van der Waals surface area contributed by atoms with Gasteiger partial charge in [0, 0.05) is 24.7 Å².